The van der Waals surface area contributed by atoms with Crippen LogP contribution in [0.25, 0.3) is 0 Å². The number of hydrogen-bond donors (Lipinski definition) is 0. The first kappa shape index (κ1) is 14.1. The van der Waals surface area contributed by atoms with Crippen LogP contribution in [0.5, 0.6) is 0 Å². The SMILES string of the molecule is CCC(C)(CC)C1CC(C)C(C)C(C)C1C. The van der Waals surface area contributed by atoms with Crippen molar-refractivity contribution in [3.05, 3.63) is 0 Å². The zero-order chi connectivity index (χ0) is 12.5. The van der Waals surface area contributed by atoms with Gasteiger partial charge in [0.15, 0.2) is 0 Å². The van der Waals surface area contributed by atoms with E-state index in [2.05, 4.69) is 48.5 Å². The van der Waals surface area contributed by atoms with Crippen LogP contribution in [0.2, 0.25) is 0 Å². The fraction of sp³-hybridized carbons (Fsp3) is 1.00. The molecule has 0 N–H and O–H groups in total. The van der Waals surface area contributed by atoms with Crippen molar-refractivity contribution in [2.75, 3.05) is 0 Å². The third-order valence-electron chi connectivity index (χ3n) is 6.33. The molecule has 0 aromatic heterocycles. The van der Waals surface area contributed by atoms with E-state index >= 15 is 0 Å². The second-order valence-electron chi connectivity index (χ2n) is 6.76. The van der Waals surface area contributed by atoms with Gasteiger partial charge in [0.1, 0.15) is 0 Å². The molecule has 1 aliphatic carbocycles. The lowest BCUT2D eigenvalue weighted by Crippen LogP contribution is -2.42. The minimum Gasteiger partial charge on any atom is -0.0649 e. The Hall–Kier alpha value is 0. The number of rotatable bonds is 3. The monoisotopic (exact) mass is 224 g/mol. The molecule has 0 heteroatoms. The van der Waals surface area contributed by atoms with Gasteiger partial charge in [0.25, 0.3) is 0 Å². The zero-order valence-corrected chi connectivity index (χ0v) is 12.5. The third kappa shape index (κ3) is 2.31. The molecule has 0 saturated heterocycles. The minimum atomic E-state index is 0.572. The molecule has 1 rings (SSSR count). The normalized spacial score (nSPS) is 41.1. The lowest BCUT2D eigenvalue weighted by molar-refractivity contribution is -0.00701. The van der Waals surface area contributed by atoms with Crippen molar-refractivity contribution in [2.24, 2.45) is 35.0 Å². The summed E-state index contributed by atoms with van der Waals surface area (Å²) in [6.07, 6.45) is 4.13. The Bertz CT molecular complexity index is 214. The minimum absolute atomic E-state index is 0.572. The molecule has 5 atom stereocenters. The first-order valence-electron chi connectivity index (χ1n) is 7.37. The van der Waals surface area contributed by atoms with Gasteiger partial charge in [-0.25, -0.2) is 0 Å². The maximum atomic E-state index is 2.52. The van der Waals surface area contributed by atoms with Crippen molar-refractivity contribution in [3.8, 4) is 0 Å². The second kappa shape index (κ2) is 5.10. The quantitative estimate of drug-likeness (QED) is 0.604. The van der Waals surface area contributed by atoms with Gasteiger partial charge in [0.05, 0.1) is 0 Å². The van der Waals surface area contributed by atoms with Gasteiger partial charge in [-0.2, -0.15) is 0 Å². The smallest absolute Gasteiger partial charge is 0.0300 e. The van der Waals surface area contributed by atoms with Crippen LogP contribution in [-0.4, -0.2) is 0 Å². The van der Waals surface area contributed by atoms with Crippen LogP contribution in [-0.2, 0) is 0 Å². The Morgan fingerprint density at radius 2 is 1.38 bits per heavy atom. The summed E-state index contributed by atoms with van der Waals surface area (Å²) in [4.78, 5) is 0. The summed E-state index contributed by atoms with van der Waals surface area (Å²) in [7, 11) is 0. The second-order valence-corrected chi connectivity index (χ2v) is 6.76. The molecule has 16 heavy (non-hydrogen) atoms. The van der Waals surface area contributed by atoms with Crippen LogP contribution in [0.1, 0.15) is 67.7 Å². The lowest BCUT2D eigenvalue weighted by Gasteiger charge is -2.50. The Morgan fingerprint density at radius 1 is 0.875 bits per heavy atom. The van der Waals surface area contributed by atoms with Gasteiger partial charge in [-0.05, 0) is 41.4 Å². The van der Waals surface area contributed by atoms with Gasteiger partial charge in [0.2, 0.25) is 0 Å². The van der Waals surface area contributed by atoms with E-state index < -0.39 is 0 Å². The van der Waals surface area contributed by atoms with Crippen LogP contribution >= 0.6 is 0 Å². The summed E-state index contributed by atoms with van der Waals surface area (Å²) in [6.45, 7) is 17.2. The molecule has 0 bridgehead atoms. The molecule has 5 unspecified atom stereocenters. The van der Waals surface area contributed by atoms with Gasteiger partial charge in [-0.15, -0.1) is 0 Å². The highest BCUT2D eigenvalue weighted by molar-refractivity contribution is 4.92. The predicted molar refractivity (Wildman–Crippen MR) is 73.5 cm³/mol. The topological polar surface area (TPSA) is 0 Å². The Labute approximate surface area is 103 Å². The highest BCUT2D eigenvalue weighted by atomic mass is 14.5. The van der Waals surface area contributed by atoms with Crippen LogP contribution in [0.4, 0.5) is 0 Å². The van der Waals surface area contributed by atoms with Crippen molar-refractivity contribution in [1.82, 2.24) is 0 Å². The van der Waals surface area contributed by atoms with Crippen molar-refractivity contribution >= 4 is 0 Å². The van der Waals surface area contributed by atoms with E-state index in [-0.39, 0.29) is 0 Å². The summed E-state index contributed by atoms with van der Waals surface area (Å²) in [6, 6.07) is 0. The van der Waals surface area contributed by atoms with E-state index in [4.69, 9.17) is 0 Å². The maximum Gasteiger partial charge on any atom is -0.0300 e. The molecule has 0 spiro atoms. The van der Waals surface area contributed by atoms with Gasteiger partial charge in [-0.1, -0.05) is 61.3 Å². The van der Waals surface area contributed by atoms with Gasteiger partial charge in [-0.3, -0.25) is 0 Å². The van der Waals surface area contributed by atoms with E-state index in [9.17, 15) is 0 Å². The molecule has 0 aromatic rings. The highest BCUT2D eigenvalue weighted by Crippen LogP contribution is 2.51. The highest BCUT2D eigenvalue weighted by Gasteiger charge is 2.43. The Kier molecular flexibility index (Phi) is 4.49. The Balaban J connectivity index is 2.89. The summed E-state index contributed by atoms with van der Waals surface area (Å²) in [5.41, 5.74) is 0.572. The van der Waals surface area contributed by atoms with Crippen LogP contribution in [0.15, 0.2) is 0 Å². The molecule has 1 fully saturated rings. The lowest BCUT2D eigenvalue weighted by atomic mass is 9.55. The van der Waals surface area contributed by atoms with Crippen LogP contribution < -0.4 is 0 Å². The Morgan fingerprint density at radius 3 is 1.81 bits per heavy atom. The molecule has 1 aliphatic rings. The molecule has 0 heterocycles. The molecule has 0 amide bonds. The molecule has 0 radical (unpaired) electrons. The maximum absolute atomic E-state index is 2.52. The van der Waals surface area contributed by atoms with Crippen molar-refractivity contribution in [3.63, 3.8) is 0 Å². The zero-order valence-electron chi connectivity index (χ0n) is 12.5. The molecular weight excluding hydrogens is 192 g/mol. The van der Waals surface area contributed by atoms with E-state index in [1.165, 1.54) is 19.3 Å². The molecule has 96 valence electrons. The summed E-state index contributed by atoms with van der Waals surface area (Å²) >= 11 is 0. The molecule has 1 saturated carbocycles. The predicted octanol–water partition coefficient (Wildman–Crippen LogP) is 5.38. The largest absolute Gasteiger partial charge is 0.0649 e. The molecule has 0 aliphatic heterocycles. The van der Waals surface area contributed by atoms with E-state index in [0.717, 1.165) is 29.6 Å². The summed E-state index contributed by atoms with van der Waals surface area (Å²) in [5.74, 6) is 4.55. The van der Waals surface area contributed by atoms with Gasteiger partial charge >= 0.3 is 0 Å². The van der Waals surface area contributed by atoms with Crippen molar-refractivity contribution in [1.29, 1.82) is 0 Å². The third-order valence-corrected chi connectivity index (χ3v) is 6.33. The first-order chi connectivity index (χ1) is 7.37. The summed E-state index contributed by atoms with van der Waals surface area (Å²) in [5, 5.41) is 0. The molecular formula is C16H32. The number of hydrogen-bond acceptors (Lipinski definition) is 0. The van der Waals surface area contributed by atoms with Gasteiger partial charge in [0, 0.05) is 0 Å². The average Bonchev–Trinajstić information content (AvgIpc) is 2.30. The summed E-state index contributed by atoms with van der Waals surface area (Å²) < 4.78 is 0. The molecule has 0 nitrogen and oxygen atoms in total. The van der Waals surface area contributed by atoms with Crippen LogP contribution in [0.3, 0.4) is 0 Å². The van der Waals surface area contributed by atoms with E-state index in [0.29, 0.717) is 5.41 Å². The first-order valence-corrected chi connectivity index (χ1v) is 7.37. The fourth-order valence-electron chi connectivity index (χ4n) is 3.89. The standard InChI is InChI=1S/C16H32/c1-8-16(7,9-2)15-10-11(3)12(4)13(5)14(15)6/h11-15H,8-10H2,1-7H3. The average molecular weight is 224 g/mol. The van der Waals surface area contributed by atoms with Crippen molar-refractivity contribution < 1.29 is 0 Å². The fourth-order valence-corrected chi connectivity index (χ4v) is 3.89. The van der Waals surface area contributed by atoms with Gasteiger partial charge < -0.3 is 0 Å². The van der Waals surface area contributed by atoms with E-state index in [1.54, 1.807) is 0 Å². The molecule has 0 aromatic carbocycles. The van der Waals surface area contributed by atoms with Crippen LogP contribution in [0, 0.1) is 35.0 Å². The van der Waals surface area contributed by atoms with Crippen molar-refractivity contribution in [2.45, 2.75) is 67.7 Å². The van der Waals surface area contributed by atoms with E-state index in [1.807, 2.05) is 0 Å².